The predicted octanol–water partition coefficient (Wildman–Crippen LogP) is 1.63. The van der Waals surface area contributed by atoms with Crippen molar-refractivity contribution in [2.45, 2.75) is 25.7 Å². The summed E-state index contributed by atoms with van der Waals surface area (Å²) >= 11 is 0. The van der Waals surface area contributed by atoms with Gasteiger partial charge < -0.3 is 11.1 Å². The van der Waals surface area contributed by atoms with Crippen LogP contribution in [0, 0.1) is 5.92 Å². The second-order valence-electron chi connectivity index (χ2n) is 4.64. The highest BCUT2D eigenvalue weighted by molar-refractivity contribution is 6.00. The Morgan fingerprint density at radius 3 is 3.18 bits per heavy atom. The first-order chi connectivity index (χ1) is 8.27. The summed E-state index contributed by atoms with van der Waals surface area (Å²) in [5.41, 5.74) is 6.86. The quantitative estimate of drug-likeness (QED) is 0.775. The van der Waals surface area contributed by atoms with Crippen LogP contribution in [0.2, 0.25) is 0 Å². The van der Waals surface area contributed by atoms with E-state index in [0.717, 1.165) is 19.5 Å². The molecule has 0 aromatic carbocycles. The van der Waals surface area contributed by atoms with E-state index in [0.29, 0.717) is 23.6 Å². The number of anilines is 1. The van der Waals surface area contributed by atoms with E-state index < -0.39 is 0 Å². The van der Waals surface area contributed by atoms with Gasteiger partial charge in [0.25, 0.3) is 0 Å². The standard InChI is InChI=1S/C13H19N3O/c14-12-5-7-16-9-11(12)13(17)4-3-10-2-1-6-15-8-10/h5,7,9-10,15H,1-4,6,8H2,(H2,14,16). The zero-order chi connectivity index (χ0) is 12.1. The van der Waals surface area contributed by atoms with Crippen LogP contribution in [0.3, 0.4) is 0 Å². The van der Waals surface area contributed by atoms with Crippen LogP contribution >= 0.6 is 0 Å². The number of hydrogen-bond donors (Lipinski definition) is 2. The molecule has 0 amide bonds. The lowest BCUT2D eigenvalue weighted by Gasteiger charge is -2.22. The number of nitrogen functional groups attached to an aromatic ring is 1. The molecular formula is C13H19N3O. The van der Waals surface area contributed by atoms with E-state index in [1.165, 1.54) is 12.8 Å². The van der Waals surface area contributed by atoms with Crippen LogP contribution < -0.4 is 11.1 Å². The molecule has 1 fully saturated rings. The van der Waals surface area contributed by atoms with E-state index in [4.69, 9.17) is 5.73 Å². The van der Waals surface area contributed by atoms with Gasteiger partial charge in [-0.2, -0.15) is 0 Å². The number of pyridine rings is 1. The first kappa shape index (κ1) is 12.0. The number of rotatable bonds is 4. The van der Waals surface area contributed by atoms with E-state index in [1.807, 2.05) is 0 Å². The smallest absolute Gasteiger partial charge is 0.166 e. The molecule has 92 valence electrons. The van der Waals surface area contributed by atoms with Gasteiger partial charge in [-0.1, -0.05) is 0 Å². The van der Waals surface area contributed by atoms with Crippen molar-refractivity contribution in [3.8, 4) is 0 Å². The Morgan fingerprint density at radius 2 is 2.47 bits per heavy atom. The Balaban J connectivity index is 1.87. The molecule has 0 aliphatic carbocycles. The number of nitrogens with one attached hydrogen (secondary N) is 1. The van der Waals surface area contributed by atoms with E-state index in [1.54, 1.807) is 18.5 Å². The van der Waals surface area contributed by atoms with Gasteiger partial charge in [0, 0.05) is 24.5 Å². The molecule has 1 aliphatic rings. The fourth-order valence-electron chi connectivity index (χ4n) is 2.28. The molecule has 0 spiro atoms. The Hall–Kier alpha value is -1.42. The van der Waals surface area contributed by atoms with Crippen LogP contribution in [0.5, 0.6) is 0 Å². The number of aromatic nitrogens is 1. The van der Waals surface area contributed by atoms with Gasteiger partial charge in [-0.25, -0.2) is 0 Å². The maximum absolute atomic E-state index is 12.0. The molecule has 1 aromatic heterocycles. The predicted molar refractivity (Wildman–Crippen MR) is 67.8 cm³/mol. The highest BCUT2D eigenvalue weighted by atomic mass is 16.1. The molecule has 3 N–H and O–H groups in total. The molecule has 17 heavy (non-hydrogen) atoms. The number of Topliss-reactive ketones (excluding diaryl/α,β-unsaturated/α-hetero) is 1. The average molecular weight is 233 g/mol. The molecule has 1 unspecified atom stereocenters. The lowest BCUT2D eigenvalue weighted by molar-refractivity contribution is 0.0972. The van der Waals surface area contributed by atoms with E-state index in [-0.39, 0.29) is 5.78 Å². The third-order valence-electron chi connectivity index (χ3n) is 3.33. The molecule has 0 bridgehead atoms. The number of carbonyl (C=O) groups excluding carboxylic acids is 1. The number of nitrogens with zero attached hydrogens (tertiary/aromatic N) is 1. The zero-order valence-corrected chi connectivity index (χ0v) is 9.98. The van der Waals surface area contributed by atoms with Crippen molar-refractivity contribution in [1.82, 2.24) is 10.3 Å². The third-order valence-corrected chi connectivity index (χ3v) is 3.33. The Labute approximate surface area is 102 Å². The summed E-state index contributed by atoms with van der Waals surface area (Å²) in [7, 11) is 0. The summed E-state index contributed by atoms with van der Waals surface area (Å²) in [6.07, 6.45) is 7.13. The molecule has 2 rings (SSSR count). The number of carbonyl (C=O) groups is 1. The van der Waals surface area contributed by atoms with E-state index >= 15 is 0 Å². The molecule has 0 radical (unpaired) electrons. The molecule has 4 heteroatoms. The first-order valence-electron chi connectivity index (χ1n) is 6.21. The summed E-state index contributed by atoms with van der Waals surface area (Å²) < 4.78 is 0. The van der Waals surface area contributed by atoms with E-state index in [9.17, 15) is 4.79 Å². The monoisotopic (exact) mass is 233 g/mol. The summed E-state index contributed by atoms with van der Waals surface area (Å²) in [5, 5.41) is 3.36. The van der Waals surface area contributed by atoms with Crippen molar-refractivity contribution < 1.29 is 4.79 Å². The Kier molecular flexibility index (Phi) is 4.09. The van der Waals surface area contributed by atoms with Gasteiger partial charge in [-0.3, -0.25) is 9.78 Å². The third kappa shape index (κ3) is 3.27. The lowest BCUT2D eigenvalue weighted by Crippen LogP contribution is -2.30. The number of hydrogen-bond acceptors (Lipinski definition) is 4. The topological polar surface area (TPSA) is 68.0 Å². The molecule has 0 saturated carbocycles. The van der Waals surface area contributed by atoms with Gasteiger partial charge in [-0.15, -0.1) is 0 Å². The Bertz CT molecular complexity index is 386. The minimum Gasteiger partial charge on any atom is -0.398 e. The van der Waals surface area contributed by atoms with Gasteiger partial charge in [0.15, 0.2) is 5.78 Å². The summed E-state index contributed by atoms with van der Waals surface area (Å²) in [6, 6.07) is 1.68. The number of nitrogens with two attached hydrogens (primary N) is 1. The van der Waals surface area contributed by atoms with Crippen LogP contribution in [-0.4, -0.2) is 23.9 Å². The van der Waals surface area contributed by atoms with Crippen LogP contribution in [0.1, 0.15) is 36.0 Å². The largest absolute Gasteiger partial charge is 0.398 e. The summed E-state index contributed by atoms with van der Waals surface area (Å²) in [6.45, 7) is 2.15. The minimum atomic E-state index is 0.112. The summed E-state index contributed by atoms with van der Waals surface area (Å²) in [5.74, 6) is 0.742. The summed E-state index contributed by atoms with van der Waals surface area (Å²) in [4.78, 5) is 15.9. The maximum Gasteiger partial charge on any atom is 0.166 e. The molecule has 1 saturated heterocycles. The normalized spacial score (nSPS) is 20.1. The molecule has 2 heterocycles. The van der Waals surface area contributed by atoms with Gasteiger partial charge in [0.05, 0.1) is 5.56 Å². The van der Waals surface area contributed by atoms with Crippen molar-refractivity contribution in [1.29, 1.82) is 0 Å². The van der Waals surface area contributed by atoms with Crippen LogP contribution in [-0.2, 0) is 0 Å². The zero-order valence-electron chi connectivity index (χ0n) is 9.98. The Morgan fingerprint density at radius 1 is 1.59 bits per heavy atom. The SMILES string of the molecule is Nc1ccncc1C(=O)CCC1CCCNC1. The molecule has 1 atom stereocenters. The first-order valence-corrected chi connectivity index (χ1v) is 6.21. The van der Waals surface area contributed by atoms with Crippen molar-refractivity contribution in [3.63, 3.8) is 0 Å². The fourth-order valence-corrected chi connectivity index (χ4v) is 2.28. The highest BCUT2D eigenvalue weighted by Crippen LogP contribution is 2.19. The van der Waals surface area contributed by atoms with Crippen molar-refractivity contribution >= 4 is 11.5 Å². The van der Waals surface area contributed by atoms with Crippen LogP contribution in [0.25, 0.3) is 0 Å². The van der Waals surface area contributed by atoms with Gasteiger partial charge in [0.2, 0.25) is 0 Å². The second kappa shape index (κ2) is 5.77. The highest BCUT2D eigenvalue weighted by Gasteiger charge is 2.16. The van der Waals surface area contributed by atoms with Crippen molar-refractivity contribution in [3.05, 3.63) is 24.0 Å². The lowest BCUT2D eigenvalue weighted by atomic mass is 9.92. The average Bonchev–Trinajstić information content (AvgIpc) is 2.38. The van der Waals surface area contributed by atoms with E-state index in [2.05, 4.69) is 10.3 Å². The van der Waals surface area contributed by atoms with Gasteiger partial charge in [-0.05, 0) is 44.3 Å². The van der Waals surface area contributed by atoms with Gasteiger partial charge in [0.1, 0.15) is 0 Å². The van der Waals surface area contributed by atoms with Crippen molar-refractivity contribution in [2.24, 2.45) is 5.92 Å². The number of piperidine rings is 1. The molecular weight excluding hydrogens is 214 g/mol. The second-order valence-corrected chi connectivity index (χ2v) is 4.64. The number of ketones is 1. The molecule has 1 aromatic rings. The molecule has 4 nitrogen and oxygen atoms in total. The van der Waals surface area contributed by atoms with Crippen LogP contribution in [0.15, 0.2) is 18.5 Å². The minimum absolute atomic E-state index is 0.112. The van der Waals surface area contributed by atoms with Crippen LogP contribution in [0.4, 0.5) is 5.69 Å². The fraction of sp³-hybridized carbons (Fsp3) is 0.538. The van der Waals surface area contributed by atoms with Crippen molar-refractivity contribution in [2.75, 3.05) is 18.8 Å². The van der Waals surface area contributed by atoms with Gasteiger partial charge >= 0.3 is 0 Å². The molecule has 1 aliphatic heterocycles. The maximum atomic E-state index is 12.0.